The molecule has 0 aliphatic heterocycles. The molecule has 0 bridgehead atoms. The summed E-state index contributed by atoms with van der Waals surface area (Å²) in [5.74, 6) is -2.55. The van der Waals surface area contributed by atoms with Crippen LogP contribution in [0, 0.1) is 15.2 Å². The highest BCUT2D eigenvalue weighted by atomic mass is 127. The lowest BCUT2D eigenvalue weighted by Gasteiger charge is -2.13. The molecule has 0 radical (unpaired) electrons. The van der Waals surface area contributed by atoms with Crippen LogP contribution in [0.25, 0.3) is 0 Å². The molecular weight excluding hydrogens is 463 g/mol. The topological polar surface area (TPSA) is 70.2 Å². The third-order valence-corrected chi connectivity index (χ3v) is 4.81. The fraction of sp³-hybridized carbons (Fsp3) is 0.0769. The molecule has 23 heavy (non-hydrogen) atoms. The summed E-state index contributed by atoms with van der Waals surface area (Å²) >= 11 is 8.09. The van der Waals surface area contributed by atoms with Crippen molar-refractivity contribution in [1.29, 1.82) is 0 Å². The molecule has 2 rings (SSSR count). The Morgan fingerprint density at radius 2 is 1.61 bits per heavy atom. The van der Waals surface area contributed by atoms with Crippen molar-refractivity contribution < 1.29 is 17.2 Å². The summed E-state index contributed by atoms with van der Waals surface area (Å²) < 4.78 is 55.5. The number of nitrogens with one attached hydrogen (secondary N) is 3. The number of halogens is 4. The highest BCUT2D eigenvalue weighted by Gasteiger charge is 2.17. The van der Waals surface area contributed by atoms with Crippen molar-refractivity contribution in [1.82, 2.24) is 4.72 Å². The first-order valence-electron chi connectivity index (χ1n) is 6.15. The predicted molar refractivity (Wildman–Crippen MR) is 95.4 cm³/mol. The van der Waals surface area contributed by atoms with E-state index < -0.39 is 27.5 Å². The van der Waals surface area contributed by atoms with E-state index in [9.17, 15) is 17.2 Å². The Morgan fingerprint density at radius 1 is 1.04 bits per heavy atom. The Morgan fingerprint density at radius 3 is 2.22 bits per heavy atom. The van der Waals surface area contributed by atoms with E-state index in [0.717, 1.165) is 16.7 Å². The molecule has 10 heteroatoms. The van der Waals surface area contributed by atoms with Crippen LogP contribution >= 0.6 is 34.2 Å². The second kappa shape index (κ2) is 7.16. The first-order valence-corrected chi connectivity index (χ1v) is 9.09. The molecule has 5 nitrogen and oxygen atoms in total. The Kier molecular flexibility index (Phi) is 5.65. The Bertz CT molecular complexity index is 849. The van der Waals surface area contributed by atoms with Gasteiger partial charge in [0.15, 0.2) is 11.6 Å². The summed E-state index contributed by atoms with van der Waals surface area (Å²) in [7, 11) is -2.80. The van der Waals surface area contributed by atoms with Crippen LogP contribution in [0.15, 0.2) is 30.3 Å². The van der Waals surface area contributed by atoms with Gasteiger partial charge < -0.3 is 5.32 Å². The van der Waals surface area contributed by atoms with Crippen LogP contribution in [0.2, 0.25) is 5.02 Å². The van der Waals surface area contributed by atoms with Gasteiger partial charge in [-0.05, 0) is 52.9 Å². The molecule has 0 saturated heterocycles. The van der Waals surface area contributed by atoms with Crippen LogP contribution in [0.3, 0.4) is 0 Å². The summed E-state index contributed by atoms with van der Waals surface area (Å²) in [6.45, 7) is 0. The van der Waals surface area contributed by atoms with Gasteiger partial charge in [0, 0.05) is 10.6 Å². The third-order valence-electron chi connectivity index (χ3n) is 2.80. The molecule has 0 unspecified atom stereocenters. The maximum absolute atomic E-state index is 14.1. The summed E-state index contributed by atoms with van der Waals surface area (Å²) in [5.41, 5.74) is -0.275. The lowest BCUT2D eigenvalue weighted by atomic mass is 10.2. The molecule has 2 aromatic rings. The minimum atomic E-state index is -3.94. The Labute approximate surface area is 150 Å². The van der Waals surface area contributed by atoms with E-state index in [-0.39, 0.29) is 5.69 Å². The number of benzene rings is 2. The van der Waals surface area contributed by atoms with Crippen LogP contribution in [-0.2, 0) is 10.2 Å². The van der Waals surface area contributed by atoms with Gasteiger partial charge in [0.05, 0.1) is 22.1 Å². The molecule has 0 aliphatic rings. The number of hydrogen-bond donors (Lipinski definition) is 3. The van der Waals surface area contributed by atoms with Gasteiger partial charge in [-0.2, -0.15) is 8.42 Å². The highest BCUT2D eigenvalue weighted by Crippen LogP contribution is 2.31. The van der Waals surface area contributed by atoms with Gasteiger partial charge in [0.25, 0.3) is 10.2 Å². The van der Waals surface area contributed by atoms with Crippen molar-refractivity contribution in [3.63, 3.8) is 0 Å². The van der Waals surface area contributed by atoms with Crippen molar-refractivity contribution in [3.05, 3.63) is 50.6 Å². The Hall–Kier alpha value is -1.17. The van der Waals surface area contributed by atoms with Gasteiger partial charge in [0.1, 0.15) is 0 Å². The van der Waals surface area contributed by atoms with Gasteiger partial charge in [0.2, 0.25) is 0 Å². The van der Waals surface area contributed by atoms with Gasteiger partial charge in [-0.3, -0.25) is 4.72 Å². The number of anilines is 3. The lowest BCUT2D eigenvalue weighted by molar-refractivity contribution is 0.514. The van der Waals surface area contributed by atoms with E-state index in [2.05, 4.69) is 27.9 Å². The smallest absolute Gasteiger partial charge is 0.298 e. The fourth-order valence-corrected chi connectivity index (χ4v) is 3.11. The first-order chi connectivity index (χ1) is 10.7. The third kappa shape index (κ3) is 4.43. The molecule has 0 amide bonds. The van der Waals surface area contributed by atoms with Crippen molar-refractivity contribution in [2.75, 3.05) is 17.1 Å². The van der Waals surface area contributed by atoms with Crippen LogP contribution in [-0.4, -0.2) is 15.5 Å². The molecule has 124 valence electrons. The molecular formula is C13H11ClF2IN3O2S. The van der Waals surface area contributed by atoms with E-state index in [1.165, 1.54) is 6.07 Å². The SMILES string of the molecule is CNS(=O)(=O)Nc1ccc(Nc2ccc(I)cc2Cl)c(F)c1F. The van der Waals surface area contributed by atoms with E-state index >= 15 is 0 Å². The largest absolute Gasteiger partial charge is 0.352 e. The monoisotopic (exact) mass is 473 g/mol. The van der Waals surface area contributed by atoms with Gasteiger partial charge in [-0.15, -0.1) is 0 Å². The fourth-order valence-electron chi connectivity index (χ4n) is 1.66. The summed E-state index contributed by atoms with van der Waals surface area (Å²) in [4.78, 5) is 0. The molecule has 0 aromatic heterocycles. The van der Waals surface area contributed by atoms with E-state index in [1.54, 1.807) is 18.2 Å². The van der Waals surface area contributed by atoms with Crippen LogP contribution < -0.4 is 14.8 Å². The molecule has 0 atom stereocenters. The zero-order valence-corrected chi connectivity index (χ0v) is 15.4. The zero-order valence-electron chi connectivity index (χ0n) is 11.6. The van der Waals surface area contributed by atoms with Gasteiger partial charge in [-0.1, -0.05) is 11.6 Å². The first kappa shape index (κ1) is 18.2. The van der Waals surface area contributed by atoms with E-state index in [0.29, 0.717) is 10.7 Å². The molecule has 0 spiro atoms. The minimum absolute atomic E-state index is 0.169. The van der Waals surface area contributed by atoms with Gasteiger partial charge in [-0.25, -0.2) is 13.5 Å². The normalized spacial score (nSPS) is 11.3. The summed E-state index contributed by atoms with van der Waals surface area (Å²) in [6.07, 6.45) is 0. The average molecular weight is 474 g/mol. The van der Waals surface area contributed by atoms with Crippen molar-refractivity contribution in [2.24, 2.45) is 0 Å². The van der Waals surface area contributed by atoms with Crippen molar-refractivity contribution in [2.45, 2.75) is 0 Å². The summed E-state index contributed by atoms with van der Waals surface area (Å²) in [6, 6.07) is 7.35. The maximum atomic E-state index is 14.1. The predicted octanol–water partition coefficient (Wildman–Crippen LogP) is 3.84. The van der Waals surface area contributed by atoms with Crippen LogP contribution in [0.4, 0.5) is 25.8 Å². The molecule has 3 N–H and O–H groups in total. The second-order valence-electron chi connectivity index (χ2n) is 4.35. The van der Waals surface area contributed by atoms with Crippen LogP contribution in [0.1, 0.15) is 0 Å². The van der Waals surface area contributed by atoms with Gasteiger partial charge >= 0.3 is 0 Å². The minimum Gasteiger partial charge on any atom is -0.352 e. The van der Waals surface area contributed by atoms with E-state index in [1.807, 2.05) is 9.44 Å². The quantitative estimate of drug-likeness (QED) is 0.578. The standard InChI is InChI=1S/C13H11ClF2IN3O2S/c1-18-23(21,22)20-11-5-4-10(12(15)13(11)16)19-9-3-2-7(17)6-8(9)14/h2-6,18-20H,1H3. The van der Waals surface area contributed by atoms with Crippen molar-refractivity contribution in [3.8, 4) is 0 Å². The Balaban J connectivity index is 2.33. The average Bonchev–Trinajstić information content (AvgIpc) is 2.49. The van der Waals surface area contributed by atoms with Crippen molar-refractivity contribution >= 4 is 61.5 Å². The highest BCUT2D eigenvalue weighted by molar-refractivity contribution is 14.1. The molecule has 0 aliphatic carbocycles. The molecule has 0 fully saturated rings. The molecule has 0 heterocycles. The second-order valence-corrected chi connectivity index (χ2v) is 7.62. The van der Waals surface area contributed by atoms with E-state index in [4.69, 9.17) is 11.6 Å². The maximum Gasteiger partial charge on any atom is 0.298 e. The lowest BCUT2D eigenvalue weighted by Crippen LogP contribution is -2.27. The molecule has 2 aromatic carbocycles. The molecule has 0 saturated carbocycles. The van der Waals surface area contributed by atoms with Crippen LogP contribution in [0.5, 0.6) is 0 Å². The zero-order chi connectivity index (χ0) is 17.2. The number of hydrogen-bond acceptors (Lipinski definition) is 3. The number of rotatable bonds is 5. The summed E-state index contributed by atoms with van der Waals surface area (Å²) in [5, 5.41) is 3.01.